The highest BCUT2D eigenvalue weighted by molar-refractivity contribution is 6.51. The number of aryl methyl sites for hydroxylation is 1. The number of rotatable bonds is 4. The van der Waals surface area contributed by atoms with Gasteiger partial charge in [-0.05, 0) is 48.9 Å². The van der Waals surface area contributed by atoms with Crippen molar-refractivity contribution in [1.82, 2.24) is 0 Å². The minimum Gasteiger partial charge on any atom is -0.508 e. The first-order valence-electron chi connectivity index (χ1n) is 9.93. The Morgan fingerprint density at radius 3 is 2.30 bits per heavy atom. The number of ether oxygens (including phenoxy) is 1. The summed E-state index contributed by atoms with van der Waals surface area (Å²) in [6.45, 7) is 1.79. The summed E-state index contributed by atoms with van der Waals surface area (Å²) in [5.41, 5.74) is 1.02. The molecule has 8 heteroatoms. The molecule has 1 atom stereocenters. The summed E-state index contributed by atoms with van der Waals surface area (Å²) in [5, 5.41) is 20.9. The second-order valence-corrected chi connectivity index (χ2v) is 7.56. The zero-order valence-corrected chi connectivity index (χ0v) is 17.7. The van der Waals surface area contributed by atoms with E-state index in [4.69, 9.17) is 4.74 Å². The van der Waals surface area contributed by atoms with Gasteiger partial charge in [0.25, 0.3) is 11.7 Å². The van der Waals surface area contributed by atoms with Crippen molar-refractivity contribution in [2.75, 3.05) is 12.0 Å². The smallest absolute Gasteiger partial charge is 0.300 e. The molecule has 0 saturated carbocycles. The summed E-state index contributed by atoms with van der Waals surface area (Å²) in [7, 11) is 1.40. The van der Waals surface area contributed by atoms with Crippen molar-refractivity contribution >= 4 is 23.1 Å². The van der Waals surface area contributed by atoms with Gasteiger partial charge in [-0.15, -0.1) is 0 Å². The molecule has 1 fully saturated rings. The molecule has 1 aliphatic heterocycles. The number of Topliss-reactive ketones (excluding diaryl/α,β-unsaturated/α-hetero) is 1. The van der Waals surface area contributed by atoms with Crippen LogP contribution in [0.15, 0.2) is 66.2 Å². The molecule has 33 heavy (non-hydrogen) atoms. The second-order valence-electron chi connectivity index (χ2n) is 7.56. The Morgan fingerprint density at radius 2 is 1.67 bits per heavy atom. The van der Waals surface area contributed by atoms with Crippen LogP contribution in [0.3, 0.4) is 0 Å². The van der Waals surface area contributed by atoms with E-state index in [9.17, 15) is 28.6 Å². The van der Waals surface area contributed by atoms with E-state index >= 15 is 0 Å². The fraction of sp³-hybridized carbons (Fsp3) is 0.120. The van der Waals surface area contributed by atoms with Crippen LogP contribution < -0.4 is 9.64 Å². The van der Waals surface area contributed by atoms with Gasteiger partial charge in [0.15, 0.2) is 11.6 Å². The standard InChI is InChI=1S/C25H19F2NO5/c1-13-3-10-20(33-2)17(11-13)23(30)21-22(14-4-7-16(29)8-5-14)28(25(32)24(21)31)15-6-9-18(26)19(27)12-15/h3-12,22,29-30H,1-2H3/b23-21+. The van der Waals surface area contributed by atoms with Crippen molar-refractivity contribution in [3.05, 3.63) is 94.6 Å². The van der Waals surface area contributed by atoms with Gasteiger partial charge in [-0.25, -0.2) is 8.78 Å². The van der Waals surface area contributed by atoms with Gasteiger partial charge < -0.3 is 14.9 Å². The van der Waals surface area contributed by atoms with Crippen molar-refractivity contribution in [1.29, 1.82) is 0 Å². The number of halogens is 2. The average molecular weight is 451 g/mol. The van der Waals surface area contributed by atoms with Gasteiger partial charge in [-0.2, -0.15) is 0 Å². The normalized spacial score (nSPS) is 17.5. The molecule has 0 aliphatic carbocycles. The lowest BCUT2D eigenvalue weighted by Gasteiger charge is -2.25. The van der Waals surface area contributed by atoms with Gasteiger partial charge in [-0.3, -0.25) is 14.5 Å². The minimum atomic E-state index is -1.20. The molecule has 2 N–H and O–H groups in total. The molecule has 1 unspecified atom stereocenters. The van der Waals surface area contributed by atoms with Crippen LogP contribution in [0, 0.1) is 18.6 Å². The first-order chi connectivity index (χ1) is 15.7. The number of phenols is 1. The van der Waals surface area contributed by atoms with Gasteiger partial charge in [0.1, 0.15) is 17.3 Å². The number of phenolic OH excluding ortho intramolecular Hbond substituents is 1. The van der Waals surface area contributed by atoms with Crippen LogP contribution in [0.1, 0.15) is 22.7 Å². The predicted molar refractivity (Wildman–Crippen MR) is 117 cm³/mol. The maximum absolute atomic E-state index is 14.0. The molecule has 168 valence electrons. The average Bonchev–Trinajstić information content (AvgIpc) is 3.06. The van der Waals surface area contributed by atoms with Gasteiger partial charge in [0, 0.05) is 11.8 Å². The number of aliphatic hydroxyl groups is 1. The number of carbonyl (C=O) groups excluding carboxylic acids is 2. The fourth-order valence-electron chi connectivity index (χ4n) is 3.86. The third-order valence-electron chi connectivity index (χ3n) is 5.44. The van der Waals surface area contributed by atoms with Crippen molar-refractivity contribution in [2.24, 2.45) is 0 Å². The Bertz CT molecular complexity index is 1300. The number of aromatic hydroxyl groups is 1. The molecule has 3 aromatic carbocycles. The highest BCUT2D eigenvalue weighted by Crippen LogP contribution is 2.43. The topological polar surface area (TPSA) is 87.1 Å². The number of carbonyl (C=O) groups is 2. The Labute approximate surface area is 188 Å². The van der Waals surface area contributed by atoms with Gasteiger partial charge in [0.05, 0.1) is 24.3 Å². The summed E-state index contributed by atoms with van der Waals surface area (Å²) in [5.74, 6) is -4.58. The summed E-state index contributed by atoms with van der Waals surface area (Å²) < 4.78 is 32.8. The quantitative estimate of drug-likeness (QED) is 0.344. The zero-order valence-electron chi connectivity index (χ0n) is 17.7. The van der Waals surface area contributed by atoms with Crippen LogP contribution >= 0.6 is 0 Å². The van der Waals surface area contributed by atoms with E-state index < -0.39 is 35.1 Å². The Morgan fingerprint density at radius 1 is 0.970 bits per heavy atom. The van der Waals surface area contributed by atoms with Crippen LogP contribution in [-0.2, 0) is 9.59 Å². The number of hydrogen-bond donors (Lipinski definition) is 2. The van der Waals surface area contributed by atoms with Crippen molar-refractivity contribution in [3.63, 3.8) is 0 Å². The van der Waals surface area contributed by atoms with Crippen molar-refractivity contribution in [2.45, 2.75) is 13.0 Å². The molecule has 1 saturated heterocycles. The zero-order chi connectivity index (χ0) is 23.9. The number of methoxy groups -OCH3 is 1. The highest BCUT2D eigenvalue weighted by atomic mass is 19.2. The number of benzene rings is 3. The van der Waals surface area contributed by atoms with Crippen LogP contribution in [0.2, 0.25) is 0 Å². The van der Waals surface area contributed by atoms with E-state index in [1.807, 2.05) is 0 Å². The van der Waals surface area contributed by atoms with E-state index in [-0.39, 0.29) is 28.3 Å². The van der Waals surface area contributed by atoms with E-state index in [0.29, 0.717) is 5.56 Å². The molecule has 0 spiro atoms. The number of anilines is 1. The Hall–Kier alpha value is -4.20. The van der Waals surface area contributed by atoms with E-state index in [1.165, 1.54) is 37.4 Å². The third-order valence-corrected chi connectivity index (χ3v) is 5.44. The summed E-state index contributed by atoms with van der Waals surface area (Å²) >= 11 is 0. The molecule has 0 aromatic heterocycles. The molecule has 1 aliphatic rings. The fourth-order valence-corrected chi connectivity index (χ4v) is 3.86. The Balaban J connectivity index is 1.99. The highest BCUT2D eigenvalue weighted by Gasteiger charge is 2.47. The van der Waals surface area contributed by atoms with Gasteiger partial charge in [0.2, 0.25) is 0 Å². The molecular weight excluding hydrogens is 432 g/mol. The minimum absolute atomic E-state index is 0.0520. The number of ketones is 1. The lowest BCUT2D eigenvalue weighted by atomic mass is 9.94. The first kappa shape index (κ1) is 22.0. The molecule has 4 rings (SSSR count). The molecule has 1 amide bonds. The molecule has 0 bridgehead atoms. The number of aliphatic hydroxyl groups excluding tert-OH is 1. The largest absolute Gasteiger partial charge is 0.508 e. The Kier molecular flexibility index (Phi) is 5.59. The van der Waals surface area contributed by atoms with Crippen molar-refractivity contribution in [3.8, 4) is 11.5 Å². The molecule has 1 heterocycles. The number of amides is 1. The van der Waals surface area contributed by atoms with Gasteiger partial charge >= 0.3 is 0 Å². The van der Waals surface area contributed by atoms with Crippen LogP contribution in [0.4, 0.5) is 14.5 Å². The SMILES string of the molecule is COc1ccc(C)cc1/C(O)=C1\C(=O)C(=O)N(c2ccc(F)c(F)c2)C1c1ccc(O)cc1. The molecular formula is C25H19F2NO5. The van der Waals surface area contributed by atoms with Crippen LogP contribution in [0.5, 0.6) is 11.5 Å². The number of nitrogens with zero attached hydrogens (tertiary/aromatic N) is 1. The first-order valence-corrected chi connectivity index (χ1v) is 9.93. The second kappa shape index (κ2) is 8.38. The maximum atomic E-state index is 14.0. The van der Waals surface area contributed by atoms with Gasteiger partial charge in [-0.1, -0.05) is 23.8 Å². The van der Waals surface area contributed by atoms with E-state index in [2.05, 4.69) is 0 Å². The lowest BCUT2D eigenvalue weighted by Crippen LogP contribution is -2.29. The molecule has 3 aromatic rings. The van der Waals surface area contributed by atoms with E-state index in [0.717, 1.165) is 22.6 Å². The van der Waals surface area contributed by atoms with Crippen LogP contribution in [-0.4, -0.2) is 29.0 Å². The summed E-state index contributed by atoms with van der Waals surface area (Å²) in [4.78, 5) is 27.2. The van der Waals surface area contributed by atoms with Crippen molar-refractivity contribution < 1.29 is 33.3 Å². The monoisotopic (exact) mass is 451 g/mol. The molecule has 0 radical (unpaired) electrons. The lowest BCUT2D eigenvalue weighted by molar-refractivity contribution is -0.132. The summed E-state index contributed by atoms with van der Waals surface area (Å²) in [6, 6.07) is 12.3. The third kappa shape index (κ3) is 3.80. The van der Waals surface area contributed by atoms with E-state index in [1.54, 1.807) is 25.1 Å². The summed E-state index contributed by atoms with van der Waals surface area (Å²) in [6.07, 6.45) is 0. The predicted octanol–water partition coefficient (Wildman–Crippen LogP) is 4.61. The number of hydrogen-bond acceptors (Lipinski definition) is 5. The maximum Gasteiger partial charge on any atom is 0.300 e. The van der Waals surface area contributed by atoms with Crippen LogP contribution in [0.25, 0.3) is 5.76 Å². The molecule has 6 nitrogen and oxygen atoms in total.